The van der Waals surface area contributed by atoms with Gasteiger partial charge in [0.15, 0.2) is 5.13 Å². The Kier molecular flexibility index (Phi) is 5.52. The molecule has 0 aliphatic carbocycles. The lowest BCUT2D eigenvalue weighted by atomic mass is 10.1. The third-order valence-corrected chi connectivity index (χ3v) is 4.45. The number of thiazole rings is 1. The van der Waals surface area contributed by atoms with Crippen molar-refractivity contribution in [2.75, 3.05) is 10.6 Å². The smallest absolute Gasteiger partial charge is 0.221 e. The Morgan fingerprint density at radius 3 is 2.43 bits per heavy atom. The largest absolute Gasteiger partial charge is 0.382 e. The minimum absolute atomic E-state index is 0.130. The van der Waals surface area contributed by atoms with Gasteiger partial charge in [0.1, 0.15) is 6.10 Å². The Labute approximate surface area is 140 Å². The summed E-state index contributed by atoms with van der Waals surface area (Å²) in [4.78, 5) is 16.5. The monoisotopic (exact) mass is 331 g/mol. The van der Waals surface area contributed by atoms with Crippen LogP contribution in [0.5, 0.6) is 0 Å². The Morgan fingerprint density at radius 2 is 1.91 bits per heavy atom. The Bertz CT molecular complexity index is 692. The zero-order valence-electron chi connectivity index (χ0n) is 13.5. The van der Waals surface area contributed by atoms with E-state index in [1.54, 1.807) is 35.6 Å². The van der Waals surface area contributed by atoms with E-state index in [1.807, 2.05) is 6.20 Å². The Morgan fingerprint density at radius 1 is 1.26 bits per heavy atom. The molecule has 1 aromatic carbocycles. The third kappa shape index (κ3) is 4.64. The second kappa shape index (κ2) is 7.39. The van der Waals surface area contributed by atoms with Gasteiger partial charge in [0.25, 0.3) is 0 Å². The summed E-state index contributed by atoms with van der Waals surface area (Å²) in [5.41, 5.74) is 1.84. The molecule has 2 rings (SSSR count). The fourth-order valence-corrected chi connectivity index (χ4v) is 2.82. The summed E-state index contributed by atoms with van der Waals surface area (Å²) in [6, 6.07) is 7.00. The number of benzene rings is 1. The number of nitrogens with zero attached hydrogens (tertiary/aromatic N) is 1. The zero-order chi connectivity index (χ0) is 17.0. The first-order valence-electron chi connectivity index (χ1n) is 7.34. The second-order valence-corrected chi connectivity index (χ2v) is 6.64. The van der Waals surface area contributed by atoms with Crippen molar-refractivity contribution in [3.8, 4) is 0 Å². The van der Waals surface area contributed by atoms with Crippen molar-refractivity contribution < 1.29 is 9.90 Å². The summed E-state index contributed by atoms with van der Waals surface area (Å²) in [5.74, 6) is 0.289. The van der Waals surface area contributed by atoms with E-state index in [0.29, 0.717) is 28.0 Å². The number of carbonyl (C=O) groups excluding carboxylic acids is 1. The minimum Gasteiger partial charge on any atom is -0.382 e. The number of hydrogen-bond donors (Lipinski definition) is 3. The molecular formula is C17H21N3O2S. The van der Waals surface area contributed by atoms with Gasteiger partial charge in [-0.05, 0) is 23.6 Å². The number of amides is 1. The number of hydrogen-bond acceptors (Lipinski definition) is 5. The molecule has 0 saturated heterocycles. The molecule has 1 heterocycles. The van der Waals surface area contributed by atoms with Crippen LogP contribution >= 0.6 is 11.3 Å². The fraction of sp³-hybridized carbons (Fsp3) is 0.294. The van der Waals surface area contributed by atoms with Gasteiger partial charge in [-0.1, -0.05) is 32.6 Å². The van der Waals surface area contributed by atoms with Gasteiger partial charge >= 0.3 is 0 Å². The van der Waals surface area contributed by atoms with Gasteiger partial charge in [-0.2, -0.15) is 0 Å². The highest BCUT2D eigenvalue weighted by Crippen LogP contribution is 2.28. The number of aliphatic hydroxyl groups excluding tert-OH is 1. The summed E-state index contributed by atoms with van der Waals surface area (Å²) >= 11 is 1.55. The van der Waals surface area contributed by atoms with E-state index < -0.39 is 6.10 Å². The SMILES string of the molecule is C=C(Nc1ncc(C(C)C)s1)[C@@H](O)c1ccc(NC(C)=O)cc1. The number of carbonyl (C=O) groups is 1. The first-order valence-corrected chi connectivity index (χ1v) is 8.15. The van der Waals surface area contributed by atoms with E-state index in [0.717, 1.165) is 0 Å². The van der Waals surface area contributed by atoms with E-state index in [4.69, 9.17) is 0 Å². The maximum atomic E-state index is 11.0. The van der Waals surface area contributed by atoms with Gasteiger partial charge in [-0.3, -0.25) is 4.79 Å². The summed E-state index contributed by atoms with van der Waals surface area (Å²) in [7, 11) is 0. The van der Waals surface area contributed by atoms with Crippen LogP contribution in [0.1, 0.15) is 43.2 Å². The van der Waals surface area contributed by atoms with Crippen molar-refractivity contribution in [1.82, 2.24) is 4.98 Å². The molecule has 23 heavy (non-hydrogen) atoms. The predicted molar refractivity (Wildman–Crippen MR) is 94.7 cm³/mol. The highest BCUT2D eigenvalue weighted by atomic mass is 32.1. The lowest BCUT2D eigenvalue weighted by Crippen LogP contribution is -2.09. The standard InChI is InChI=1S/C17H21N3O2S/c1-10(2)15-9-18-17(23-15)19-11(3)16(22)13-5-7-14(8-6-13)20-12(4)21/h5-10,16,22H,3H2,1-2,4H3,(H,18,19)(H,20,21)/t16-/m1/s1. The zero-order valence-corrected chi connectivity index (χ0v) is 14.3. The van der Waals surface area contributed by atoms with Gasteiger partial charge in [0.05, 0.1) is 0 Å². The molecule has 122 valence electrons. The molecular weight excluding hydrogens is 310 g/mol. The topological polar surface area (TPSA) is 74.2 Å². The van der Waals surface area contributed by atoms with Crippen molar-refractivity contribution >= 4 is 28.1 Å². The summed E-state index contributed by atoms with van der Waals surface area (Å²) < 4.78 is 0. The Hall–Kier alpha value is -2.18. The molecule has 0 fully saturated rings. The van der Waals surface area contributed by atoms with Gasteiger partial charge in [-0.15, -0.1) is 11.3 Å². The maximum Gasteiger partial charge on any atom is 0.221 e. The first-order chi connectivity index (χ1) is 10.9. The molecule has 5 nitrogen and oxygen atoms in total. The molecule has 1 amide bonds. The summed E-state index contributed by atoms with van der Waals surface area (Å²) in [6.45, 7) is 9.56. The highest BCUT2D eigenvalue weighted by molar-refractivity contribution is 7.15. The fourth-order valence-electron chi connectivity index (χ4n) is 1.97. The molecule has 0 aliphatic heterocycles. The molecule has 6 heteroatoms. The molecule has 0 radical (unpaired) electrons. The van der Waals surface area contributed by atoms with Gasteiger partial charge in [0.2, 0.25) is 5.91 Å². The highest BCUT2D eigenvalue weighted by Gasteiger charge is 2.14. The quantitative estimate of drug-likeness (QED) is 0.751. The predicted octanol–water partition coefficient (Wildman–Crippen LogP) is 3.88. The van der Waals surface area contributed by atoms with Crippen molar-refractivity contribution in [3.05, 3.63) is 53.2 Å². The van der Waals surface area contributed by atoms with Crippen LogP contribution in [0.3, 0.4) is 0 Å². The summed E-state index contributed by atoms with van der Waals surface area (Å²) in [6.07, 6.45) is 0.979. The normalized spacial score (nSPS) is 12.0. The summed E-state index contributed by atoms with van der Waals surface area (Å²) in [5, 5.41) is 16.8. The maximum absolute atomic E-state index is 11.0. The Balaban J connectivity index is 2.02. The van der Waals surface area contributed by atoms with E-state index in [-0.39, 0.29) is 5.91 Å². The molecule has 0 unspecified atom stereocenters. The van der Waals surface area contributed by atoms with E-state index in [9.17, 15) is 9.90 Å². The second-order valence-electron chi connectivity index (χ2n) is 5.58. The molecule has 2 aromatic rings. The van der Waals surface area contributed by atoms with E-state index in [2.05, 4.69) is 36.0 Å². The molecule has 3 N–H and O–H groups in total. The van der Waals surface area contributed by atoms with Gasteiger partial charge < -0.3 is 15.7 Å². The van der Waals surface area contributed by atoms with Crippen molar-refractivity contribution in [3.63, 3.8) is 0 Å². The van der Waals surface area contributed by atoms with E-state index in [1.165, 1.54) is 11.8 Å². The van der Waals surface area contributed by atoms with Crippen molar-refractivity contribution in [1.29, 1.82) is 0 Å². The van der Waals surface area contributed by atoms with Crippen LogP contribution < -0.4 is 10.6 Å². The lowest BCUT2D eigenvalue weighted by molar-refractivity contribution is -0.114. The van der Waals surface area contributed by atoms with Crippen molar-refractivity contribution in [2.24, 2.45) is 0 Å². The number of rotatable bonds is 6. The van der Waals surface area contributed by atoms with Gasteiger partial charge in [0, 0.05) is 29.4 Å². The molecule has 0 spiro atoms. The van der Waals surface area contributed by atoms with Crippen molar-refractivity contribution in [2.45, 2.75) is 32.8 Å². The van der Waals surface area contributed by atoms with Gasteiger partial charge in [-0.25, -0.2) is 4.98 Å². The van der Waals surface area contributed by atoms with Crippen LogP contribution in [0.25, 0.3) is 0 Å². The lowest BCUT2D eigenvalue weighted by Gasteiger charge is -2.15. The number of anilines is 2. The molecule has 0 saturated carbocycles. The van der Waals surface area contributed by atoms with Crippen LogP contribution in [0, 0.1) is 0 Å². The number of nitrogens with one attached hydrogen (secondary N) is 2. The van der Waals surface area contributed by atoms with Crippen LogP contribution in [0.4, 0.5) is 10.8 Å². The number of aromatic nitrogens is 1. The number of aliphatic hydroxyl groups is 1. The van der Waals surface area contributed by atoms with Crippen LogP contribution in [-0.2, 0) is 4.79 Å². The third-order valence-electron chi connectivity index (χ3n) is 3.24. The van der Waals surface area contributed by atoms with Crippen LogP contribution in [0.15, 0.2) is 42.7 Å². The average Bonchev–Trinajstić information content (AvgIpc) is 2.95. The van der Waals surface area contributed by atoms with E-state index >= 15 is 0 Å². The molecule has 0 bridgehead atoms. The average molecular weight is 331 g/mol. The molecule has 1 aromatic heterocycles. The minimum atomic E-state index is -0.854. The molecule has 1 atom stereocenters. The van der Waals surface area contributed by atoms with Crippen LogP contribution in [-0.4, -0.2) is 16.0 Å². The first kappa shape index (κ1) is 17.2. The molecule has 0 aliphatic rings. The van der Waals surface area contributed by atoms with Crippen LogP contribution in [0.2, 0.25) is 0 Å².